The normalized spacial score (nSPS) is 11.3. The first kappa shape index (κ1) is 14.5. The van der Waals surface area contributed by atoms with Crippen LogP contribution in [0, 0.1) is 11.2 Å². The van der Waals surface area contributed by atoms with E-state index in [0.717, 1.165) is 5.69 Å². The quantitative estimate of drug-likeness (QED) is 0.846. The van der Waals surface area contributed by atoms with Crippen LogP contribution in [0.25, 0.3) is 0 Å². The topological polar surface area (TPSA) is 40.5 Å². The van der Waals surface area contributed by atoms with E-state index in [-0.39, 0.29) is 5.82 Å². The van der Waals surface area contributed by atoms with Gasteiger partial charge in [-0.05, 0) is 37.1 Å². The Kier molecular flexibility index (Phi) is 4.70. The van der Waals surface area contributed by atoms with Gasteiger partial charge in [-0.3, -0.25) is 4.79 Å². The molecular formula is C14H20FNO2. The molecule has 0 aromatic heterocycles. The SMILES string of the molecule is CCC(CC)(CN(C)c1ccc(F)cc1)C(=O)O. The largest absolute Gasteiger partial charge is 0.481 e. The Bertz CT molecular complexity index is 399. The monoisotopic (exact) mass is 253 g/mol. The predicted molar refractivity (Wildman–Crippen MR) is 70.3 cm³/mol. The van der Waals surface area contributed by atoms with E-state index in [1.54, 1.807) is 12.1 Å². The highest BCUT2D eigenvalue weighted by Crippen LogP contribution is 2.29. The summed E-state index contributed by atoms with van der Waals surface area (Å²) in [4.78, 5) is 13.3. The average molecular weight is 253 g/mol. The third-order valence-electron chi connectivity index (χ3n) is 3.61. The highest BCUT2D eigenvalue weighted by Gasteiger charge is 2.36. The Hall–Kier alpha value is -1.58. The van der Waals surface area contributed by atoms with Gasteiger partial charge in [-0.1, -0.05) is 13.8 Å². The van der Waals surface area contributed by atoms with Gasteiger partial charge < -0.3 is 10.0 Å². The first-order valence-electron chi connectivity index (χ1n) is 6.15. The van der Waals surface area contributed by atoms with Crippen molar-refractivity contribution in [3.05, 3.63) is 30.1 Å². The number of hydrogen-bond donors (Lipinski definition) is 1. The molecule has 0 heterocycles. The standard InChI is InChI=1S/C14H20FNO2/c1-4-14(5-2,13(17)18)10-16(3)12-8-6-11(15)7-9-12/h6-9H,4-5,10H2,1-3H3,(H,17,18). The number of hydrogen-bond acceptors (Lipinski definition) is 2. The van der Waals surface area contributed by atoms with E-state index in [9.17, 15) is 14.3 Å². The van der Waals surface area contributed by atoms with Gasteiger partial charge in [0.15, 0.2) is 0 Å². The number of carboxylic acids is 1. The summed E-state index contributed by atoms with van der Waals surface area (Å²) >= 11 is 0. The lowest BCUT2D eigenvalue weighted by Crippen LogP contribution is -2.41. The molecule has 4 heteroatoms. The molecule has 100 valence electrons. The van der Waals surface area contributed by atoms with Crippen LogP contribution >= 0.6 is 0 Å². The van der Waals surface area contributed by atoms with Crippen LogP contribution in [0.1, 0.15) is 26.7 Å². The van der Waals surface area contributed by atoms with Crippen molar-refractivity contribution < 1.29 is 14.3 Å². The van der Waals surface area contributed by atoms with Gasteiger partial charge in [-0.15, -0.1) is 0 Å². The van der Waals surface area contributed by atoms with Crippen LogP contribution in [-0.2, 0) is 4.79 Å². The van der Waals surface area contributed by atoms with Crippen LogP contribution in [0.2, 0.25) is 0 Å². The van der Waals surface area contributed by atoms with Gasteiger partial charge in [0.1, 0.15) is 5.82 Å². The van der Waals surface area contributed by atoms with Crippen molar-refractivity contribution >= 4 is 11.7 Å². The van der Waals surface area contributed by atoms with E-state index in [1.165, 1.54) is 12.1 Å². The van der Waals surface area contributed by atoms with E-state index in [2.05, 4.69) is 0 Å². The molecule has 1 rings (SSSR count). The number of rotatable bonds is 6. The summed E-state index contributed by atoms with van der Waals surface area (Å²) in [6.45, 7) is 4.19. The maximum atomic E-state index is 12.8. The van der Waals surface area contributed by atoms with E-state index in [1.807, 2.05) is 25.8 Å². The highest BCUT2D eigenvalue weighted by atomic mass is 19.1. The minimum Gasteiger partial charge on any atom is -0.481 e. The first-order chi connectivity index (χ1) is 8.45. The predicted octanol–water partition coefficient (Wildman–Crippen LogP) is 3.15. The van der Waals surface area contributed by atoms with Crippen LogP contribution in [0.4, 0.5) is 10.1 Å². The summed E-state index contributed by atoms with van der Waals surface area (Å²) in [6, 6.07) is 6.08. The van der Waals surface area contributed by atoms with Gasteiger partial charge in [-0.2, -0.15) is 0 Å². The van der Waals surface area contributed by atoms with Gasteiger partial charge in [0.25, 0.3) is 0 Å². The average Bonchev–Trinajstić information content (AvgIpc) is 2.36. The van der Waals surface area contributed by atoms with Crippen molar-refractivity contribution in [2.75, 3.05) is 18.5 Å². The zero-order chi connectivity index (χ0) is 13.8. The summed E-state index contributed by atoms with van der Waals surface area (Å²) in [5, 5.41) is 9.38. The molecule has 3 nitrogen and oxygen atoms in total. The van der Waals surface area contributed by atoms with Crippen LogP contribution in [-0.4, -0.2) is 24.7 Å². The fourth-order valence-corrected chi connectivity index (χ4v) is 2.08. The molecule has 1 N–H and O–H groups in total. The lowest BCUT2D eigenvalue weighted by Gasteiger charge is -2.32. The minimum absolute atomic E-state index is 0.289. The number of carboxylic acid groups (broad SMARTS) is 1. The fourth-order valence-electron chi connectivity index (χ4n) is 2.08. The molecule has 0 aliphatic rings. The molecule has 0 unspecified atom stereocenters. The number of carbonyl (C=O) groups is 1. The Morgan fingerprint density at radius 2 is 1.78 bits per heavy atom. The van der Waals surface area contributed by atoms with Crippen LogP contribution < -0.4 is 4.90 Å². The fraction of sp³-hybridized carbons (Fsp3) is 0.500. The van der Waals surface area contributed by atoms with Crippen LogP contribution in [0.3, 0.4) is 0 Å². The molecule has 0 bridgehead atoms. The Balaban J connectivity index is 2.88. The van der Waals surface area contributed by atoms with Gasteiger partial charge in [0, 0.05) is 19.3 Å². The lowest BCUT2D eigenvalue weighted by atomic mass is 9.82. The summed E-state index contributed by atoms with van der Waals surface area (Å²) in [5.41, 5.74) is 0.0762. The summed E-state index contributed by atoms with van der Waals surface area (Å²) < 4.78 is 12.8. The second kappa shape index (κ2) is 5.85. The molecule has 0 radical (unpaired) electrons. The van der Waals surface area contributed by atoms with Crippen molar-refractivity contribution in [3.63, 3.8) is 0 Å². The summed E-state index contributed by atoms with van der Waals surface area (Å²) in [6.07, 6.45) is 1.15. The minimum atomic E-state index is -0.776. The van der Waals surface area contributed by atoms with Crippen LogP contribution in [0.5, 0.6) is 0 Å². The van der Waals surface area contributed by atoms with Crippen molar-refractivity contribution in [1.82, 2.24) is 0 Å². The Labute approximate surface area is 107 Å². The number of aliphatic carboxylic acids is 1. The maximum Gasteiger partial charge on any atom is 0.311 e. The number of halogens is 1. The maximum absolute atomic E-state index is 12.8. The second-order valence-electron chi connectivity index (χ2n) is 4.63. The molecule has 1 aromatic carbocycles. The van der Waals surface area contributed by atoms with Crippen molar-refractivity contribution in [3.8, 4) is 0 Å². The molecular weight excluding hydrogens is 233 g/mol. The molecule has 0 aliphatic heterocycles. The lowest BCUT2D eigenvalue weighted by molar-refractivity contribution is -0.148. The molecule has 0 atom stereocenters. The number of benzene rings is 1. The molecule has 0 spiro atoms. The zero-order valence-electron chi connectivity index (χ0n) is 11.1. The van der Waals surface area contributed by atoms with E-state index < -0.39 is 11.4 Å². The number of anilines is 1. The third-order valence-corrected chi connectivity index (χ3v) is 3.61. The van der Waals surface area contributed by atoms with Crippen molar-refractivity contribution in [2.24, 2.45) is 5.41 Å². The smallest absolute Gasteiger partial charge is 0.311 e. The third kappa shape index (κ3) is 3.00. The molecule has 0 fully saturated rings. The van der Waals surface area contributed by atoms with E-state index in [0.29, 0.717) is 19.4 Å². The highest BCUT2D eigenvalue weighted by molar-refractivity contribution is 5.75. The zero-order valence-corrected chi connectivity index (χ0v) is 11.1. The Morgan fingerprint density at radius 1 is 1.28 bits per heavy atom. The van der Waals surface area contributed by atoms with Gasteiger partial charge in [-0.25, -0.2) is 4.39 Å². The van der Waals surface area contributed by atoms with Crippen LogP contribution in [0.15, 0.2) is 24.3 Å². The van der Waals surface area contributed by atoms with Gasteiger partial charge in [0.05, 0.1) is 5.41 Å². The van der Waals surface area contributed by atoms with Crippen molar-refractivity contribution in [1.29, 1.82) is 0 Å². The summed E-state index contributed by atoms with van der Waals surface area (Å²) in [5.74, 6) is -1.07. The second-order valence-corrected chi connectivity index (χ2v) is 4.63. The molecule has 18 heavy (non-hydrogen) atoms. The molecule has 1 aromatic rings. The molecule has 0 amide bonds. The first-order valence-corrected chi connectivity index (χ1v) is 6.15. The molecule has 0 aliphatic carbocycles. The van der Waals surface area contributed by atoms with E-state index >= 15 is 0 Å². The molecule has 0 saturated carbocycles. The Morgan fingerprint density at radius 3 is 2.17 bits per heavy atom. The van der Waals surface area contributed by atoms with Crippen molar-refractivity contribution in [2.45, 2.75) is 26.7 Å². The molecule has 0 saturated heterocycles. The number of nitrogens with zero attached hydrogens (tertiary/aromatic N) is 1. The summed E-state index contributed by atoms with van der Waals surface area (Å²) in [7, 11) is 1.83. The van der Waals surface area contributed by atoms with Gasteiger partial charge in [0.2, 0.25) is 0 Å². The van der Waals surface area contributed by atoms with Gasteiger partial charge >= 0.3 is 5.97 Å². The van der Waals surface area contributed by atoms with E-state index in [4.69, 9.17) is 0 Å².